The first-order chi connectivity index (χ1) is 11.5. The molecular formula is C17H19N3O4. The maximum atomic E-state index is 12.6. The first-order valence-electron chi connectivity index (χ1n) is 8.07. The van der Waals surface area contributed by atoms with Crippen molar-refractivity contribution >= 4 is 29.3 Å². The van der Waals surface area contributed by atoms with E-state index < -0.39 is 11.9 Å². The third-order valence-electron chi connectivity index (χ3n) is 4.29. The van der Waals surface area contributed by atoms with Crippen molar-refractivity contribution in [1.29, 1.82) is 0 Å². The third-order valence-corrected chi connectivity index (χ3v) is 4.29. The molecule has 24 heavy (non-hydrogen) atoms. The average molecular weight is 329 g/mol. The zero-order valence-corrected chi connectivity index (χ0v) is 13.4. The number of fused-ring (bicyclic) bond motifs is 1. The van der Waals surface area contributed by atoms with Crippen LogP contribution in [-0.2, 0) is 20.9 Å². The van der Waals surface area contributed by atoms with Gasteiger partial charge in [-0.3, -0.25) is 24.5 Å². The summed E-state index contributed by atoms with van der Waals surface area (Å²) in [6.45, 7) is 2.26. The van der Waals surface area contributed by atoms with Crippen LogP contribution in [0, 0.1) is 0 Å². The standard InChI is InChI=1S/C17H19N3O4/c1-2-3-14(21)18-11-5-4-10-9-20(17(24)12(10)8-11)13-6-7-15(22)19-16(13)23/h4-5,8,13H,2-3,6-7,9H2,1H3,(H,18,21)(H,19,22,23). The summed E-state index contributed by atoms with van der Waals surface area (Å²) in [5.74, 6) is -1.07. The van der Waals surface area contributed by atoms with Crippen LogP contribution in [0.2, 0.25) is 0 Å². The molecule has 126 valence electrons. The molecule has 0 aromatic heterocycles. The maximum absolute atomic E-state index is 12.6. The number of hydrogen-bond acceptors (Lipinski definition) is 4. The summed E-state index contributed by atoms with van der Waals surface area (Å²) >= 11 is 0. The summed E-state index contributed by atoms with van der Waals surface area (Å²) < 4.78 is 0. The molecule has 3 rings (SSSR count). The molecule has 1 unspecified atom stereocenters. The first-order valence-corrected chi connectivity index (χ1v) is 8.07. The lowest BCUT2D eigenvalue weighted by atomic mass is 10.0. The Labute approximate surface area is 139 Å². The highest BCUT2D eigenvalue weighted by Gasteiger charge is 2.39. The van der Waals surface area contributed by atoms with Crippen LogP contribution >= 0.6 is 0 Å². The average Bonchev–Trinajstić information content (AvgIpc) is 2.84. The Morgan fingerprint density at radius 3 is 2.83 bits per heavy atom. The second kappa shape index (κ2) is 6.43. The Morgan fingerprint density at radius 1 is 1.33 bits per heavy atom. The molecule has 0 bridgehead atoms. The number of anilines is 1. The monoisotopic (exact) mass is 329 g/mol. The molecule has 4 amide bonds. The van der Waals surface area contributed by atoms with Crippen molar-refractivity contribution in [3.8, 4) is 0 Å². The quantitative estimate of drug-likeness (QED) is 0.811. The zero-order valence-electron chi connectivity index (χ0n) is 13.4. The van der Waals surface area contributed by atoms with Gasteiger partial charge in [0.2, 0.25) is 17.7 Å². The lowest BCUT2D eigenvalue weighted by molar-refractivity contribution is -0.137. The van der Waals surface area contributed by atoms with E-state index in [-0.39, 0.29) is 24.1 Å². The molecule has 0 saturated carbocycles. The van der Waals surface area contributed by atoms with Crippen LogP contribution in [0.15, 0.2) is 18.2 Å². The molecular weight excluding hydrogens is 310 g/mol. The number of nitrogens with zero attached hydrogens (tertiary/aromatic N) is 1. The highest BCUT2D eigenvalue weighted by molar-refractivity contribution is 6.06. The lowest BCUT2D eigenvalue weighted by Gasteiger charge is -2.29. The van der Waals surface area contributed by atoms with Gasteiger partial charge in [-0.05, 0) is 30.5 Å². The van der Waals surface area contributed by atoms with E-state index in [2.05, 4.69) is 10.6 Å². The number of carbonyl (C=O) groups is 4. The molecule has 2 heterocycles. The van der Waals surface area contributed by atoms with Gasteiger partial charge in [0.05, 0.1) is 0 Å². The molecule has 1 saturated heterocycles. The van der Waals surface area contributed by atoms with Crippen LogP contribution in [0.4, 0.5) is 5.69 Å². The van der Waals surface area contributed by atoms with E-state index in [1.54, 1.807) is 18.2 Å². The number of imide groups is 1. The van der Waals surface area contributed by atoms with E-state index in [9.17, 15) is 19.2 Å². The molecule has 7 heteroatoms. The molecule has 0 aliphatic carbocycles. The van der Waals surface area contributed by atoms with Crippen LogP contribution in [0.5, 0.6) is 0 Å². The number of nitrogens with one attached hydrogen (secondary N) is 2. The summed E-state index contributed by atoms with van der Waals surface area (Å²) in [4.78, 5) is 49.1. The Kier molecular flexibility index (Phi) is 4.33. The van der Waals surface area contributed by atoms with Gasteiger partial charge in [-0.2, -0.15) is 0 Å². The Balaban J connectivity index is 1.77. The fourth-order valence-electron chi connectivity index (χ4n) is 3.08. The Bertz CT molecular complexity index is 729. The van der Waals surface area contributed by atoms with Crippen molar-refractivity contribution in [3.05, 3.63) is 29.3 Å². The SMILES string of the molecule is CCCC(=O)Nc1ccc2c(c1)C(=O)N(C1CCC(=O)NC1=O)C2. The molecule has 1 fully saturated rings. The number of benzene rings is 1. The van der Waals surface area contributed by atoms with E-state index in [0.717, 1.165) is 12.0 Å². The fourth-order valence-corrected chi connectivity index (χ4v) is 3.08. The smallest absolute Gasteiger partial charge is 0.255 e. The summed E-state index contributed by atoms with van der Waals surface area (Å²) in [7, 11) is 0. The Hall–Kier alpha value is -2.70. The van der Waals surface area contributed by atoms with Crippen molar-refractivity contribution in [2.45, 2.75) is 45.2 Å². The molecule has 2 N–H and O–H groups in total. The summed E-state index contributed by atoms with van der Waals surface area (Å²) in [6, 6.07) is 4.58. The molecule has 0 radical (unpaired) electrons. The summed E-state index contributed by atoms with van der Waals surface area (Å²) in [6.07, 6.45) is 1.74. The number of piperidine rings is 1. The number of rotatable bonds is 4. The van der Waals surface area contributed by atoms with Crippen LogP contribution in [0.1, 0.15) is 48.5 Å². The van der Waals surface area contributed by atoms with Crippen molar-refractivity contribution < 1.29 is 19.2 Å². The van der Waals surface area contributed by atoms with Gasteiger partial charge in [-0.1, -0.05) is 13.0 Å². The van der Waals surface area contributed by atoms with Gasteiger partial charge in [0.25, 0.3) is 5.91 Å². The van der Waals surface area contributed by atoms with Crippen molar-refractivity contribution in [2.24, 2.45) is 0 Å². The van der Waals surface area contributed by atoms with E-state index >= 15 is 0 Å². The normalized spacial score (nSPS) is 20.0. The Morgan fingerprint density at radius 2 is 2.12 bits per heavy atom. The van der Waals surface area contributed by atoms with Gasteiger partial charge in [0, 0.05) is 30.6 Å². The molecule has 2 aliphatic rings. The summed E-state index contributed by atoms with van der Waals surface area (Å²) in [5, 5.41) is 5.04. The molecule has 1 aromatic rings. The predicted molar refractivity (Wildman–Crippen MR) is 86.0 cm³/mol. The van der Waals surface area contributed by atoms with Crippen LogP contribution < -0.4 is 10.6 Å². The van der Waals surface area contributed by atoms with Gasteiger partial charge < -0.3 is 10.2 Å². The van der Waals surface area contributed by atoms with E-state index in [4.69, 9.17) is 0 Å². The first kappa shape index (κ1) is 16.2. The van der Waals surface area contributed by atoms with Crippen LogP contribution in [0.25, 0.3) is 0 Å². The lowest BCUT2D eigenvalue weighted by Crippen LogP contribution is -2.52. The van der Waals surface area contributed by atoms with Crippen LogP contribution in [-0.4, -0.2) is 34.6 Å². The van der Waals surface area contributed by atoms with Gasteiger partial charge in [0.1, 0.15) is 6.04 Å². The third kappa shape index (κ3) is 3.02. The minimum absolute atomic E-state index is 0.0927. The molecule has 1 atom stereocenters. The fraction of sp³-hybridized carbons (Fsp3) is 0.412. The molecule has 2 aliphatic heterocycles. The van der Waals surface area contributed by atoms with Crippen molar-refractivity contribution in [1.82, 2.24) is 10.2 Å². The summed E-state index contributed by atoms with van der Waals surface area (Å²) in [5.41, 5.74) is 1.89. The van der Waals surface area contributed by atoms with E-state index in [1.807, 2.05) is 6.92 Å². The highest BCUT2D eigenvalue weighted by Crippen LogP contribution is 2.29. The minimum Gasteiger partial charge on any atom is -0.326 e. The second-order valence-corrected chi connectivity index (χ2v) is 6.07. The largest absolute Gasteiger partial charge is 0.326 e. The van der Waals surface area contributed by atoms with Crippen LogP contribution in [0.3, 0.4) is 0 Å². The van der Waals surface area contributed by atoms with Crippen molar-refractivity contribution in [3.63, 3.8) is 0 Å². The number of amides is 4. The van der Waals surface area contributed by atoms with E-state index in [1.165, 1.54) is 4.90 Å². The van der Waals surface area contributed by atoms with E-state index in [0.29, 0.717) is 30.6 Å². The minimum atomic E-state index is -0.624. The number of hydrogen-bond donors (Lipinski definition) is 2. The molecule has 0 spiro atoms. The topological polar surface area (TPSA) is 95.6 Å². The second-order valence-electron chi connectivity index (χ2n) is 6.07. The molecule has 7 nitrogen and oxygen atoms in total. The maximum Gasteiger partial charge on any atom is 0.255 e. The highest BCUT2D eigenvalue weighted by atomic mass is 16.2. The van der Waals surface area contributed by atoms with Gasteiger partial charge in [-0.15, -0.1) is 0 Å². The van der Waals surface area contributed by atoms with Crippen molar-refractivity contribution in [2.75, 3.05) is 5.32 Å². The number of carbonyl (C=O) groups excluding carboxylic acids is 4. The van der Waals surface area contributed by atoms with Gasteiger partial charge >= 0.3 is 0 Å². The zero-order chi connectivity index (χ0) is 17.3. The van der Waals surface area contributed by atoms with Gasteiger partial charge in [0.15, 0.2) is 0 Å². The molecule has 1 aromatic carbocycles. The predicted octanol–water partition coefficient (Wildman–Crippen LogP) is 1.19. The van der Waals surface area contributed by atoms with Gasteiger partial charge in [-0.25, -0.2) is 0 Å².